The Bertz CT molecular complexity index is 778. The predicted octanol–water partition coefficient (Wildman–Crippen LogP) is 2.18. The summed E-state index contributed by atoms with van der Waals surface area (Å²) in [6.45, 7) is 3.69. The van der Waals surface area contributed by atoms with Crippen molar-refractivity contribution in [2.45, 2.75) is 51.0 Å². The highest BCUT2D eigenvalue weighted by Gasteiger charge is 2.26. The summed E-state index contributed by atoms with van der Waals surface area (Å²) < 4.78 is 1.73. The van der Waals surface area contributed by atoms with E-state index in [4.69, 9.17) is 0 Å². The zero-order valence-corrected chi connectivity index (χ0v) is 15.5. The first-order valence-electron chi connectivity index (χ1n) is 9.48. The van der Waals surface area contributed by atoms with Gasteiger partial charge < -0.3 is 10.2 Å². The van der Waals surface area contributed by atoms with Gasteiger partial charge in [-0.05, 0) is 38.7 Å². The van der Waals surface area contributed by atoms with Crippen LogP contribution in [-0.4, -0.2) is 44.8 Å². The lowest BCUT2D eigenvalue weighted by Gasteiger charge is -2.34. The maximum absolute atomic E-state index is 12.5. The first-order chi connectivity index (χ1) is 12.6. The third-order valence-corrected chi connectivity index (χ3v) is 5.62. The summed E-state index contributed by atoms with van der Waals surface area (Å²) in [5.74, 6) is 1.48. The molecule has 3 heterocycles. The molecule has 2 aromatic rings. The second kappa shape index (κ2) is 7.05. The van der Waals surface area contributed by atoms with Gasteiger partial charge in [0.25, 0.3) is 5.91 Å². The average Bonchev–Trinajstić information content (AvgIpc) is 2.93. The topological polar surface area (TPSA) is 75.9 Å². The van der Waals surface area contributed by atoms with Crippen molar-refractivity contribution < 1.29 is 4.79 Å². The number of nitrogens with zero attached hydrogens (tertiary/aromatic N) is 5. The maximum Gasteiger partial charge on any atom is 0.272 e. The summed E-state index contributed by atoms with van der Waals surface area (Å²) in [6.07, 6.45) is 7.47. The minimum Gasteiger partial charge on any atom is -0.354 e. The second-order valence-corrected chi connectivity index (χ2v) is 7.48. The summed E-state index contributed by atoms with van der Waals surface area (Å²) in [4.78, 5) is 23.7. The molecule has 2 aromatic heterocycles. The van der Waals surface area contributed by atoms with Crippen molar-refractivity contribution in [3.8, 4) is 0 Å². The Labute approximate surface area is 153 Å². The molecule has 0 aromatic carbocycles. The Morgan fingerprint density at radius 3 is 2.73 bits per heavy atom. The molecular weight excluding hydrogens is 328 g/mol. The van der Waals surface area contributed by atoms with Crippen molar-refractivity contribution in [1.29, 1.82) is 0 Å². The van der Waals surface area contributed by atoms with E-state index in [-0.39, 0.29) is 11.9 Å². The molecule has 26 heavy (non-hydrogen) atoms. The molecule has 7 heteroatoms. The van der Waals surface area contributed by atoms with E-state index >= 15 is 0 Å². The Morgan fingerprint density at radius 2 is 2.04 bits per heavy atom. The molecule has 138 valence electrons. The Kier molecular flexibility index (Phi) is 4.61. The first kappa shape index (κ1) is 17.0. The smallest absolute Gasteiger partial charge is 0.272 e. The fourth-order valence-electron chi connectivity index (χ4n) is 3.70. The largest absolute Gasteiger partial charge is 0.354 e. The van der Waals surface area contributed by atoms with Crippen molar-refractivity contribution in [2.24, 2.45) is 7.05 Å². The Hall–Kier alpha value is -2.44. The van der Waals surface area contributed by atoms with Crippen LogP contribution >= 0.6 is 0 Å². The van der Waals surface area contributed by atoms with Crippen LogP contribution < -0.4 is 10.2 Å². The van der Waals surface area contributed by atoms with Crippen molar-refractivity contribution in [3.63, 3.8) is 0 Å². The summed E-state index contributed by atoms with van der Waals surface area (Å²) in [5.41, 5.74) is 2.62. The molecule has 1 saturated heterocycles. The Morgan fingerprint density at radius 1 is 1.19 bits per heavy atom. The number of piperidine rings is 1. The van der Waals surface area contributed by atoms with Crippen LogP contribution in [0.5, 0.6) is 0 Å². The molecule has 0 radical (unpaired) electrons. The minimum absolute atomic E-state index is 0.0987. The third-order valence-electron chi connectivity index (χ3n) is 5.62. The van der Waals surface area contributed by atoms with E-state index in [9.17, 15) is 4.79 Å². The van der Waals surface area contributed by atoms with Crippen molar-refractivity contribution in [2.75, 3.05) is 18.0 Å². The number of aromatic nitrogens is 4. The summed E-state index contributed by atoms with van der Waals surface area (Å²) >= 11 is 0. The van der Waals surface area contributed by atoms with Crippen molar-refractivity contribution in [1.82, 2.24) is 25.1 Å². The van der Waals surface area contributed by atoms with Gasteiger partial charge in [-0.2, -0.15) is 5.10 Å². The molecule has 0 spiro atoms. The van der Waals surface area contributed by atoms with Gasteiger partial charge in [0.15, 0.2) is 0 Å². The SMILES string of the molecule is Cc1cc(C(=O)NC2CCCN(c3cc(C4CCC4)ncn3)C2)nn1C. The monoisotopic (exact) mass is 354 g/mol. The maximum atomic E-state index is 12.5. The van der Waals surface area contributed by atoms with Gasteiger partial charge in [0, 0.05) is 49.6 Å². The molecule has 2 aliphatic rings. The van der Waals surface area contributed by atoms with Crippen LogP contribution in [0.4, 0.5) is 5.82 Å². The molecule has 1 amide bonds. The number of amides is 1. The van der Waals surface area contributed by atoms with E-state index in [2.05, 4.69) is 31.3 Å². The molecule has 1 saturated carbocycles. The number of carbonyl (C=O) groups excluding carboxylic acids is 1. The molecule has 0 bridgehead atoms. The zero-order valence-electron chi connectivity index (χ0n) is 15.5. The van der Waals surface area contributed by atoms with E-state index in [0.29, 0.717) is 11.6 Å². The van der Waals surface area contributed by atoms with Crippen LogP contribution in [0.15, 0.2) is 18.5 Å². The van der Waals surface area contributed by atoms with Gasteiger partial charge in [0.05, 0.1) is 0 Å². The number of hydrogen-bond acceptors (Lipinski definition) is 5. The van der Waals surface area contributed by atoms with Gasteiger partial charge in [0.1, 0.15) is 17.8 Å². The van der Waals surface area contributed by atoms with Gasteiger partial charge in [-0.3, -0.25) is 9.48 Å². The molecular formula is C19H26N6O. The summed E-state index contributed by atoms with van der Waals surface area (Å²) in [6, 6.07) is 4.07. The summed E-state index contributed by atoms with van der Waals surface area (Å²) in [7, 11) is 1.85. The number of anilines is 1. The highest BCUT2D eigenvalue weighted by Crippen LogP contribution is 2.36. The standard InChI is InChI=1S/C19H26N6O/c1-13-9-17(23-24(13)2)19(26)22-15-7-4-8-25(11-15)18-10-16(20-12-21-18)14-5-3-6-14/h9-10,12,14-15H,3-8,11H2,1-2H3,(H,22,26). The third kappa shape index (κ3) is 3.43. The van der Waals surface area contributed by atoms with Crippen LogP contribution in [0.1, 0.15) is 59.9 Å². The van der Waals surface area contributed by atoms with E-state index in [1.807, 2.05) is 20.0 Å². The predicted molar refractivity (Wildman–Crippen MR) is 99.3 cm³/mol. The van der Waals surface area contributed by atoms with Gasteiger partial charge in [-0.25, -0.2) is 9.97 Å². The molecule has 1 N–H and O–H groups in total. The van der Waals surface area contributed by atoms with Crippen LogP contribution in [0.3, 0.4) is 0 Å². The van der Waals surface area contributed by atoms with E-state index in [1.54, 1.807) is 11.0 Å². The fourth-order valence-corrected chi connectivity index (χ4v) is 3.70. The highest BCUT2D eigenvalue weighted by molar-refractivity contribution is 5.92. The molecule has 1 atom stereocenters. The van der Waals surface area contributed by atoms with Crippen LogP contribution in [0, 0.1) is 6.92 Å². The van der Waals surface area contributed by atoms with Gasteiger partial charge in [0.2, 0.25) is 0 Å². The van der Waals surface area contributed by atoms with E-state index < -0.39 is 0 Å². The quantitative estimate of drug-likeness (QED) is 0.911. The van der Waals surface area contributed by atoms with Gasteiger partial charge in [-0.1, -0.05) is 6.42 Å². The van der Waals surface area contributed by atoms with Crippen molar-refractivity contribution >= 4 is 11.7 Å². The fraction of sp³-hybridized carbons (Fsp3) is 0.579. The number of carbonyl (C=O) groups is 1. The second-order valence-electron chi connectivity index (χ2n) is 7.48. The Balaban J connectivity index is 1.41. The highest BCUT2D eigenvalue weighted by atomic mass is 16.2. The van der Waals surface area contributed by atoms with Crippen LogP contribution in [-0.2, 0) is 7.05 Å². The summed E-state index contributed by atoms with van der Waals surface area (Å²) in [5, 5.41) is 7.41. The van der Waals surface area contributed by atoms with Crippen LogP contribution in [0.2, 0.25) is 0 Å². The normalized spacial score (nSPS) is 20.7. The lowest BCUT2D eigenvalue weighted by molar-refractivity contribution is 0.0927. The van der Waals surface area contributed by atoms with E-state index in [1.165, 1.54) is 19.3 Å². The number of aryl methyl sites for hydroxylation is 2. The van der Waals surface area contributed by atoms with Crippen molar-refractivity contribution in [3.05, 3.63) is 35.5 Å². The molecule has 1 aliphatic heterocycles. The minimum atomic E-state index is -0.0987. The van der Waals surface area contributed by atoms with Crippen LogP contribution in [0.25, 0.3) is 0 Å². The molecule has 2 fully saturated rings. The first-order valence-corrected chi connectivity index (χ1v) is 9.48. The molecule has 4 rings (SSSR count). The molecule has 1 unspecified atom stereocenters. The van der Waals surface area contributed by atoms with Gasteiger partial charge in [-0.15, -0.1) is 0 Å². The average molecular weight is 354 g/mol. The number of nitrogens with one attached hydrogen (secondary N) is 1. The van der Waals surface area contributed by atoms with E-state index in [0.717, 1.165) is 43.1 Å². The lowest BCUT2D eigenvalue weighted by atomic mass is 9.83. The molecule has 7 nitrogen and oxygen atoms in total. The number of rotatable bonds is 4. The lowest BCUT2D eigenvalue weighted by Crippen LogP contribution is -2.48. The number of hydrogen-bond donors (Lipinski definition) is 1. The zero-order chi connectivity index (χ0) is 18.1. The van der Waals surface area contributed by atoms with Gasteiger partial charge >= 0.3 is 0 Å². The molecule has 1 aliphatic carbocycles.